The SMILES string of the molecule is O=C(O)Cn1nc(C2CCOCC2)nc1-c1ccc(CO)o1. The molecule has 3 rings (SSSR count). The van der Waals surface area contributed by atoms with Gasteiger partial charge in [0.15, 0.2) is 17.4 Å². The van der Waals surface area contributed by atoms with E-state index in [0.717, 1.165) is 12.8 Å². The molecule has 8 heteroatoms. The molecule has 0 bridgehead atoms. The number of aliphatic carboxylic acids is 1. The van der Waals surface area contributed by atoms with Crippen LogP contribution in [-0.4, -0.2) is 44.2 Å². The molecule has 0 atom stereocenters. The van der Waals surface area contributed by atoms with Gasteiger partial charge in [0.2, 0.25) is 0 Å². The van der Waals surface area contributed by atoms with Gasteiger partial charge in [-0.2, -0.15) is 5.10 Å². The number of hydrogen-bond acceptors (Lipinski definition) is 6. The number of hydrogen-bond donors (Lipinski definition) is 2. The van der Waals surface area contributed by atoms with Gasteiger partial charge in [0, 0.05) is 19.1 Å². The topological polar surface area (TPSA) is 111 Å². The van der Waals surface area contributed by atoms with Gasteiger partial charge in [-0.1, -0.05) is 0 Å². The number of aromatic nitrogens is 3. The Kier molecular flexibility index (Phi) is 4.21. The molecule has 1 aliphatic rings. The van der Waals surface area contributed by atoms with Gasteiger partial charge in [-0.05, 0) is 25.0 Å². The van der Waals surface area contributed by atoms with Crippen LogP contribution in [0.4, 0.5) is 0 Å². The van der Waals surface area contributed by atoms with Crippen molar-refractivity contribution in [3.63, 3.8) is 0 Å². The highest BCUT2D eigenvalue weighted by molar-refractivity contribution is 5.67. The first kappa shape index (κ1) is 14.7. The monoisotopic (exact) mass is 307 g/mol. The first-order valence-corrected chi connectivity index (χ1v) is 7.11. The molecule has 118 valence electrons. The van der Waals surface area contributed by atoms with Crippen molar-refractivity contribution in [3.05, 3.63) is 23.7 Å². The fourth-order valence-electron chi connectivity index (χ4n) is 2.49. The molecule has 22 heavy (non-hydrogen) atoms. The van der Waals surface area contributed by atoms with Crippen molar-refractivity contribution < 1.29 is 24.2 Å². The Labute approximate surface area is 126 Å². The molecule has 3 heterocycles. The molecule has 2 aromatic rings. The summed E-state index contributed by atoms with van der Waals surface area (Å²) < 4.78 is 12.1. The van der Waals surface area contributed by atoms with E-state index in [1.165, 1.54) is 4.68 Å². The lowest BCUT2D eigenvalue weighted by Crippen LogP contribution is -2.16. The van der Waals surface area contributed by atoms with Crippen molar-refractivity contribution in [1.82, 2.24) is 14.8 Å². The van der Waals surface area contributed by atoms with Crippen LogP contribution >= 0.6 is 0 Å². The first-order chi connectivity index (χ1) is 10.7. The lowest BCUT2D eigenvalue weighted by molar-refractivity contribution is -0.137. The van der Waals surface area contributed by atoms with Crippen molar-refractivity contribution in [2.45, 2.75) is 31.9 Å². The van der Waals surface area contributed by atoms with E-state index >= 15 is 0 Å². The average Bonchev–Trinajstić information content (AvgIpc) is 3.14. The molecule has 0 aliphatic carbocycles. The van der Waals surface area contributed by atoms with E-state index in [-0.39, 0.29) is 19.1 Å². The quantitative estimate of drug-likeness (QED) is 0.848. The molecule has 1 saturated heterocycles. The largest absolute Gasteiger partial charge is 0.480 e. The molecule has 0 amide bonds. The number of rotatable bonds is 5. The summed E-state index contributed by atoms with van der Waals surface area (Å²) >= 11 is 0. The predicted octanol–water partition coefficient (Wildman–Crippen LogP) is 1.01. The second-order valence-electron chi connectivity index (χ2n) is 5.16. The molecule has 1 fully saturated rings. The second kappa shape index (κ2) is 6.29. The van der Waals surface area contributed by atoms with Crippen LogP contribution in [0.1, 0.15) is 30.3 Å². The maximum atomic E-state index is 11.0. The minimum atomic E-state index is -1.00. The normalized spacial score (nSPS) is 16.0. The average molecular weight is 307 g/mol. The molecule has 1 aliphatic heterocycles. The number of carboxylic acid groups (broad SMARTS) is 1. The van der Waals surface area contributed by atoms with E-state index in [2.05, 4.69) is 10.1 Å². The molecular weight excluding hydrogens is 290 g/mol. The number of carboxylic acids is 1. The van der Waals surface area contributed by atoms with Crippen molar-refractivity contribution in [1.29, 1.82) is 0 Å². The summed E-state index contributed by atoms with van der Waals surface area (Å²) in [6.45, 7) is 0.798. The van der Waals surface area contributed by atoms with E-state index in [9.17, 15) is 4.79 Å². The number of aliphatic hydroxyl groups is 1. The smallest absolute Gasteiger partial charge is 0.325 e. The van der Waals surface area contributed by atoms with Crippen molar-refractivity contribution in [2.24, 2.45) is 0 Å². The van der Waals surface area contributed by atoms with Crippen molar-refractivity contribution in [3.8, 4) is 11.6 Å². The van der Waals surface area contributed by atoms with Crippen LogP contribution in [0.2, 0.25) is 0 Å². The summed E-state index contributed by atoms with van der Waals surface area (Å²) in [5, 5.41) is 22.4. The Morgan fingerprint density at radius 3 is 2.77 bits per heavy atom. The van der Waals surface area contributed by atoms with Gasteiger partial charge in [-0.25, -0.2) is 9.67 Å². The van der Waals surface area contributed by atoms with Crippen LogP contribution in [-0.2, 0) is 22.7 Å². The van der Waals surface area contributed by atoms with Gasteiger partial charge in [0.1, 0.15) is 18.9 Å². The first-order valence-electron chi connectivity index (χ1n) is 7.11. The zero-order chi connectivity index (χ0) is 15.5. The number of furan rings is 1. The highest BCUT2D eigenvalue weighted by Gasteiger charge is 2.24. The third-order valence-corrected chi connectivity index (χ3v) is 3.60. The van der Waals surface area contributed by atoms with Crippen molar-refractivity contribution in [2.75, 3.05) is 13.2 Å². The lowest BCUT2D eigenvalue weighted by Gasteiger charge is -2.18. The van der Waals surface area contributed by atoms with E-state index in [1.807, 2.05) is 0 Å². The molecule has 8 nitrogen and oxygen atoms in total. The number of ether oxygens (including phenoxy) is 1. The molecule has 0 aromatic carbocycles. The Balaban J connectivity index is 1.95. The van der Waals surface area contributed by atoms with Crippen LogP contribution in [0.25, 0.3) is 11.6 Å². The van der Waals surface area contributed by atoms with Gasteiger partial charge in [-0.3, -0.25) is 4.79 Å². The van der Waals surface area contributed by atoms with Crippen LogP contribution in [0, 0.1) is 0 Å². The third-order valence-electron chi connectivity index (χ3n) is 3.60. The van der Waals surface area contributed by atoms with E-state index in [1.54, 1.807) is 12.1 Å². The predicted molar refractivity (Wildman–Crippen MR) is 74.1 cm³/mol. The number of carbonyl (C=O) groups is 1. The highest BCUT2D eigenvalue weighted by Crippen LogP contribution is 2.28. The minimum Gasteiger partial charge on any atom is -0.480 e. The van der Waals surface area contributed by atoms with Crippen LogP contribution in [0.3, 0.4) is 0 Å². The second-order valence-corrected chi connectivity index (χ2v) is 5.16. The number of nitrogens with zero attached hydrogens (tertiary/aromatic N) is 3. The third kappa shape index (κ3) is 3.02. The van der Waals surface area contributed by atoms with E-state index < -0.39 is 5.97 Å². The molecule has 2 aromatic heterocycles. The van der Waals surface area contributed by atoms with Gasteiger partial charge < -0.3 is 19.4 Å². The summed E-state index contributed by atoms with van der Waals surface area (Å²) in [4.78, 5) is 15.5. The lowest BCUT2D eigenvalue weighted by atomic mass is 10.00. The number of aliphatic hydroxyl groups excluding tert-OH is 1. The van der Waals surface area contributed by atoms with Gasteiger partial charge >= 0.3 is 5.97 Å². The Morgan fingerprint density at radius 2 is 2.14 bits per heavy atom. The maximum absolute atomic E-state index is 11.0. The zero-order valence-corrected chi connectivity index (χ0v) is 11.9. The Morgan fingerprint density at radius 1 is 1.36 bits per heavy atom. The molecule has 0 spiro atoms. The van der Waals surface area contributed by atoms with E-state index in [0.29, 0.717) is 36.4 Å². The van der Waals surface area contributed by atoms with Gasteiger partial charge in [-0.15, -0.1) is 0 Å². The van der Waals surface area contributed by atoms with Gasteiger partial charge in [0.05, 0.1) is 0 Å². The molecule has 0 radical (unpaired) electrons. The fraction of sp³-hybridized carbons (Fsp3) is 0.500. The zero-order valence-electron chi connectivity index (χ0n) is 11.9. The van der Waals surface area contributed by atoms with Gasteiger partial charge in [0.25, 0.3) is 0 Å². The summed E-state index contributed by atoms with van der Waals surface area (Å²) in [5.74, 6) is 0.933. The minimum absolute atomic E-state index is 0.162. The standard InChI is InChI=1S/C14H17N3O5/c18-8-10-1-2-11(22-10)14-15-13(9-3-5-21-6-4-9)16-17(14)7-12(19)20/h1-2,9,18H,3-8H2,(H,19,20). The van der Waals surface area contributed by atoms with Crippen LogP contribution in [0.5, 0.6) is 0 Å². The fourth-order valence-corrected chi connectivity index (χ4v) is 2.49. The maximum Gasteiger partial charge on any atom is 0.325 e. The molecular formula is C14H17N3O5. The van der Waals surface area contributed by atoms with Crippen molar-refractivity contribution >= 4 is 5.97 Å². The van der Waals surface area contributed by atoms with Crippen LogP contribution in [0.15, 0.2) is 16.5 Å². The molecule has 0 saturated carbocycles. The highest BCUT2D eigenvalue weighted by atomic mass is 16.5. The summed E-state index contributed by atoms with van der Waals surface area (Å²) in [6, 6.07) is 3.28. The Hall–Kier alpha value is -2.19. The summed E-state index contributed by atoms with van der Waals surface area (Å²) in [5.41, 5.74) is 0. The Bertz CT molecular complexity index is 657. The van der Waals surface area contributed by atoms with Crippen LogP contribution < -0.4 is 0 Å². The summed E-state index contributed by atoms with van der Waals surface area (Å²) in [6.07, 6.45) is 1.63. The molecule has 0 unspecified atom stereocenters. The molecule has 2 N–H and O–H groups in total. The summed E-state index contributed by atoms with van der Waals surface area (Å²) in [7, 11) is 0. The van der Waals surface area contributed by atoms with E-state index in [4.69, 9.17) is 19.4 Å².